The van der Waals surface area contributed by atoms with Gasteiger partial charge in [0, 0.05) is 41.7 Å². The number of hydrogen-bond donors (Lipinski definition) is 2. The molecule has 1 aromatic heterocycles. The second-order valence-electron chi connectivity index (χ2n) is 8.17. The molecule has 1 aliphatic carbocycles. The summed E-state index contributed by atoms with van der Waals surface area (Å²) in [5.41, 5.74) is 6.42. The lowest BCUT2D eigenvalue weighted by Crippen LogP contribution is -2.31. The normalized spacial score (nSPS) is 15.9. The van der Waals surface area contributed by atoms with Crippen LogP contribution in [0.15, 0.2) is 48.6 Å². The minimum Gasteiger partial charge on any atom is -0.355 e. The van der Waals surface area contributed by atoms with Crippen LogP contribution in [0.1, 0.15) is 46.8 Å². The molecule has 6 nitrogen and oxygen atoms in total. The number of hydrogen-bond acceptors (Lipinski definition) is 3. The van der Waals surface area contributed by atoms with E-state index in [1.807, 2.05) is 18.2 Å². The summed E-state index contributed by atoms with van der Waals surface area (Å²) in [6.07, 6.45) is 3.69. The number of aromatic nitrogens is 2. The maximum absolute atomic E-state index is 12.9. The van der Waals surface area contributed by atoms with E-state index in [-0.39, 0.29) is 18.4 Å². The van der Waals surface area contributed by atoms with E-state index in [2.05, 4.69) is 40.3 Å². The smallest absolute Gasteiger partial charge is 0.254 e. The van der Waals surface area contributed by atoms with Crippen LogP contribution in [0.2, 0.25) is 0 Å². The quantitative estimate of drug-likeness (QED) is 0.640. The van der Waals surface area contributed by atoms with Gasteiger partial charge >= 0.3 is 0 Å². The Kier molecular flexibility index (Phi) is 4.42. The van der Waals surface area contributed by atoms with E-state index in [1.54, 1.807) is 11.9 Å². The highest BCUT2D eigenvalue weighted by molar-refractivity contribution is 6.02. The van der Waals surface area contributed by atoms with Gasteiger partial charge in [-0.2, -0.15) is 5.10 Å². The predicted molar refractivity (Wildman–Crippen MR) is 116 cm³/mol. The molecule has 2 amide bonds. The molecular weight excluding hydrogens is 376 g/mol. The molecular formula is C24H24N4O2. The zero-order valence-corrected chi connectivity index (χ0v) is 17.0. The molecule has 5 rings (SSSR count). The second kappa shape index (κ2) is 7.13. The fraction of sp³-hybridized carbons (Fsp3) is 0.292. The molecule has 0 atom stereocenters. The number of H-pyrrole nitrogens is 1. The van der Waals surface area contributed by atoms with Gasteiger partial charge in [-0.3, -0.25) is 14.7 Å². The zero-order valence-electron chi connectivity index (χ0n) is 17.0. The molecule has 1 fully saturated rings. The van der Waals surface area contributed by atoms with E-state index in [0.717, 1.165) is 22.2 Å². The number of nitrogens with zero attached hydrogens (tertiary/aromatic N) is 2. The van der Waals surface area contributed by atoms with Crippen molar-refractivity contribution in [3.05, 3.63) is 65.4 Å². The van der Waals surface area contributed by atoms with Gasteiger partial charge in [0.05, 0.1) is 12.1 Å². The van der Waals surface area contributed by atoms with Crippen molar-refractivity contribution in [3.8, 4) is 11.1 Å². The number of benzene rings is 2. The summed E-state index contributed by atoms with van der Waals surface area (Å²) in [5, 5.41) is 11.4. The molecule has 152 valence electrons. The summed E-state index contributed by atoms with van der Waals surface area (Å²) in [5.74, 6) is 0.267. The number of carbonyl (C=O) groups is 2. The lowest BCUT2D eigenvalue weighted by Gasteiger charge is -2.24. The number of likely N-dealkylation sites (N-methyl/N-ethyl adjacent to an activating group) is 1. The molecule has 0 saturated heterocycles. The predicted octanol–water partition coefficient (Wildman–Crippen LogP) is 3.76. The van der Waals surface area contributed by atoms with Crippen LogP contribution in [0.4, 0.5) is 0 Å². The van der Waals surface area contributed by atoms with Crippen LogP contribution < -0.4 is 5.32 Å². The van der Waals surface area contributed by atoms with Crippen molar-refractivity contribution in [2.45, 2.75) is 31.7 Å². The Hall–Kier alpha value is -3.41. The van der Waals surface area contributed by atoms with Crippen LogP contribution in [0.5, 0.6) is 0 Å². The fourth-order valence-electron chi connectivity index (χ4n) is 4.47. The lowest BCUT2D eigenvalue weighted by atomic mass is 9.81. The molecule has 2 aromatic carbocycles. The number of nitrogens with one attached hydrogen (secondary N) is 2. The van der Waals surface area contributed by atoms with Crippen LogP contribution in [0, 0.1) is 0 Å². The van der Waals surface area contributed by atoms with Crippen LogP contribution in [0.25, 0.3) is 22.0 Å². The average Bonchev–Trinajstić information content (AvgIpc) is 3.27. The molecule has 0 spiro atoms. The first-order valence-corrected chi connectivity index (χ1v) is 10.4. The molecule has 2 N–H and O–H groups in total. The topological polar surface area (TPSA) is 78.1 Å². The standard InChI is InChI=1S/C24H24N4O2/c1-14(23(29)25-2)12-28-13-20-17(7-4-8-18(20)24(28)30)16-9-10-21-19(11-16)22(27-26-21)15-5-3-6-15/h4,7-11,15H,1,3,5-6,12-13H2,2H3,(H,25,29)(H,26,27). The zero-order chi connectivity index (χ0) is 20.8. The van der Waals surface area contributed by atoms with Gasteiger partial charge in [-0.25, -0.2) is 0 Å². The van der Waals surface area contributed by atoms with E-state index < -0.39 is 0 Å². The molecule has 1 aliphatic heterocycles. The van der Waals surface area contributed by atoms with E-state index in [4.69, 9.17) is 0 Å². The summed E-state index contributed by atoms with van der Waals surface area (Å²) < 4.78 is 0. The largest absolute Gasteiger partial charge is 0.355 e. The van der Waals surface area contributed by atoms with Crippen molar-refractivity contribution in [2.75, 3.05) is 13.6 Å². The lowest BCUT2D eigenvalue weighted by molar-refractivity contribution is -0.117. The Bertz CT molecular complexity index is 1190. The number of fused-ring (bicyclic) bond motifs is 2. The van der Waals surface area contributed by atoms with Crippen LogP contribution in [0.3, 0.4) is 0 Å². The molecule has 2 aliphatic rings. The van der Waals surface area contributed by atoms with E-state index in [0.29, 0.717) is 23.6 Å². The van der Waals surface area contributed by atoms with Gasteiger partial charge in [0.2, 0.25) is 5.91 Å². The monoisotopic (exact) mass is 400 g/mol. The number of amides is 2. The highest BCUT2D eigenvalue weighted by Crippen LogP contribution is 2.40. The molecule has 0 unspecified atom stereocenters. The average molecular weight is 400 g/mol. The van der Waals surface area contributed by atoms with Gasteiger partial charge in [0.1, 0.15) is 0 Å². The van der Waals surface area contributed by atoms with Crippen LogP contribution in [-0.2, 0) is 11.3 Å². The van der Waals surface area contributed by atoms with Crippen molar-refractivity contribution in [3.63, 3.8) is 0 Å². The first-order chi connectivity index (χ1) is 14.6. The number of carbonyl (C=O) groups excluding carboxylic acids is 2. The van der Waals surface area contributed by atoms with Crippen molar-refractivity contribution in [2.24, 2.45) is 0 Å². The van der Waals surface area contributed by atoms with Crippen LogP contribution in [-0.4, -0.2) is 40.5 Å². The van der Waals surface area contributed by atoms with Gasteiger partial charge in [0.25, 0.3) is 5.91 Å². The van der Waals surface area contributed by atoms with Gasteiger partial charge in [0.15, 0.2) is 0 Å². The van der Waals surface area contributed by atoms with Gasteiger partial charge in [-0.1, -0.05) is 31.2 Å². The summed E-state index contributed by atoms with van der Waals surface area (Å²) in [4.78, 5) is 26.4. The minimum atomic E-state index is -0.243. The molecule has 3 aromatic rings. The highest BCUT2D eigenvalue weighted by atomic mass is 16.2. The fourth-order valence-corrected chi connectivity index (χ4v) is 4.47. The maximum Gasteiger partial charge on any atom is 0.254 e. The molecule has 2 heterocycles. The SMILES string of the molecule is C=C(CN1Cc2c(cccc2-c2ccc3n[nH]c(C4CCC4)c3c2)C1=O)C(=O)NC. The van der Waals surface area contributed by atoms with Crippen LogP contribution >= 0.6 is 0 Å². The summed E-state index contributed by atoms with van der Waals surface area (Å²) >= 11 is 0. The Labute approximate surface area is 175 Å². The van der Waals surface area contributed by atoms with Gasteiger partial charge in [-0.05, 0) is 47.7 Å². The Morgan fingerprint density at radius 3 is 2.80 bits per heavy atom. The second-order valence-corrected chi connectivity index (χ2v) is 8.17. The van der Waals surface area contributed by atoms with E-state index >= 15 is 0 Å². The third-order valence-corrected chi connectivity index (χ3v) is 6.38. The summed E-state index contributed by atoms with van der Waals surface area (Å²) in [7, 11) is 1.57. The van der Waals surface area contributed by atoms with Crippen molar-refractivity contribution < 1.29 is 9.59 Å². The Morgan fingerprint density at radius 1 is 1.27 bits per heavy atom. The van der Waals surface area contributed by atoms with Crippen molar-refractivity contribution in [1.29, 1.82) is 0 Å². The van der Waals surface area contributed by atoms with Gasteiger partial charge < -0.3 is 10.2 Å². The number of rotatable bonds is 5. The maximum atomic E-state index is 12.9. The van der Waals surface area contributed by atoms with Crippen molar-refractivity contribution in [1.82, 2.24) is 20.4 Å². The molecule has 0 radical (unpaired) electrons. The first kappa shape index (κ1) is 18.6. The third kappa shape index (κ3) is 2.91. The van der Waals surface area contributed by atoms with Crippen molar-refractivity contribution >= 4 is 22.7 Å². The number of aromatic amines is 1. The Balaban J connectivity index is 1.50. The molecule has 30 heavy (non-hydrogen) atoms. The summed E-state index contributed by atoms with van der Waals surface area (Å²) in [6, 6.07) is 12.2. The highest BCUT2D eigenvalue weighted by Gasteiger charge is 2.31. The molecule has 0 bridgehead atoms. The molecule has 1 saturated carbocycles. The first-order valence-electron chi connectivity index (χ1n) is 10.4. The molecule has 6 heteroatoms. The van der Waals surface area contributed by atoms with Gasteiger partial charge in [-0.15, -0.1) is 0 Å². The Morgan fingerprint density at radius 2 is 2.07 bits per heavy atom. The third-order valence-electron chi connectivity index (χ3n) is 6.38. The summed E-state index contributed by atoms with van der Waals surface area (Å²) in [6.45, 7) is 4.51. The minimum absolute atomic E-state index is 0.0588. The van der Waals surface area contributed by atoms with E-state index in [1.165, 1.54) is 30.3 Å². The van der Waals surface area contributed by atoms with E-state index in [9.17, 15) is 9.59 Å².